The van der Waals surface area contributed by atoms with Crippen molar-refractivity contribution in [3.63, 3.8) is 0 Å². The van der Waals surface area contributed by atoms with E-state index in [1.165, 1.54) is 0 Å². The summed E-state index contributed by atoms with van der Waals surface area (Å²) in [7, 11) is 0. The number of nitrogens with zero attached hydrogens (tertiary/aromatic N) is 1. The maximum Gasteiger partial charge on any atom is 0.246 e. The van der Waals surface area contributed by atoms with Crippen LogP contribution in [-0.4, -0.2) is 34.3 Å². The predicted octanol–water partition coefficient (Wildman–Crippen LogP) is 2.86. The standard InChI is InChI=1S/C17H30N2O2/c1-5-13(6-2)19-15(20)14(11-12(3)4)18-16(21)17(19)9-7-8-10-17/h12-14H,5-11H2,1-4H3,(H,18,21). The Hall–Kier alpha value is -1.06. The van der Waals surface area contributed by atoms with E-state index in [2.05, 4.69) is 33.0 Å². The Labute approximate surface area is 128 Å². The quantitative estimate of drug-likeness (QED) is 0.847. The van der Waals surface area contributed by atoms with Crippen molar-refractivity contribution in [2.75, 3.05) is 0 Å². The minimum absolute atomic E-state index is 0.0946. The fraction of sp³-hybridized carbons (Fsp3) is 0.882. The van der Waals surface area contributed by atoms with E-state index in [0.29, 0.717) is 5.92 Å². The normalized spacial score (nSPS) is 25.2. The third-order valence-electron chi connectivity index (χ3n) is 5.17. The van der Waals surface area contributed by atoms with E-state index in [-0.39, 0.29) is 23.9 Å². The van der Waals surface area contributed by atoms with E-state index in [9.17, 15) is 9.59 Å². The van der Waals surface area contributed by atoms with E-state index in [4.69, 9.17) is 0 Å². The third kappa shape index (κ3) is 2.82. The molecule has 0 radical (unpaired) electrons. The van der Waals surface area contributed by atoms with Crippen LogP contribution in [0.1, 0.15) is 72.6 Å². The topological polar surface area (TPSA) is 49.4 Å². The Bertz CT molecular complexity index is 396. The highest BCUT2D eigenvalue weighted by atomic mass is 16.2. The van der Waals surface area contributed by atoms with Crippen LogP contribution in [0.15, 0.2) is 0 Å². The number of carbonyl (C=O) groups excluding carboxylic acids is 2. The zero-order valence-corrected chi connectivity index (χ0v) is 13.9. The second-order valence-electron chi connectivity index (χ2n) is 7.07. The van der Waals surface area contributed by atoms with E-state index in [0.717, 1.165) is 44.9 Å². The zero-order chi connectivity index (χ0) is 15.6. The van der Waals surface area contributed by atoms with Crippen molar-refractivity contribution in [1.82, 2.24) is 10.2 Å². The first-order chi connectivity index (χ1) is 9.96. The van der Waals surface area contributed by atoms with Gasteiger partial charge in [-0.25, -0.2) is 0 Å². The minimum atomic E-state index is -0.554. The van der Waals surface area contributed by atoms with Gasteiger partial charge in [-0.1, -0.05) is 40.5 Å². The lowest BCUT2D eigenvalue weighted by Crippen LogP contribution is -2.71. The number of rotatable bonds is 5. The van der Waals surface area contributed by atoms with Crippen LogP contribution in [0.3, 0.4) is 0 Å². The second-order valence-corrected chi connectivity index (χ2v) is 7.07. The Morgan fingerprint density at radius 3 is 2.24 bits per heavy atom. The molecule has 0 aromatic heterocycles. The first kappa shape index (κ1) is 16.3. The molecule has 0 aromatic carbocycles. The van der Waals surface area contributed by atoms with Gasteiger partial charge in [-0.05, 0) is 38.0 Å². The van der Waals surface area contributed by atoms with E-state index >= 15 is 0 Å². The van der Waals surface area contributed by atoms with Gasteiger partial charge in [0.1, 0.15) is 11.6 Å². The molecule has 1 heterocycles. The van der Waals surface area contributed by atoms with Crippen molar-refractivity contribution >= 4 is 11.8 Å². The molecular weight excluding hydrogens is 264 g/mol. The molecule has 1 saturated heterocycles. The van der Waals surface area contributed by atoms with Gasteiger partial charge in [0.25, 0.3) is 0 Å². The van der Waals surface area contributed by atoms with Gasteiger partial charge in [-0.3, -0.25) is 9.59 Å². The Morgan fingerprint density at radius 1 is 1.19 bits per heavy atom. The van der Waals surface area contributed by atoms with Crippen molar-refractivity contribution in [2.24, 2.45) is 5.92 Å². The number of piperazine rings is 1. The Balaban J connectivity index is 2.34. The van der Waals surface area contributed by atoms with Crippen molar-refractivity contribution in [2.45, 2.75) is 90.3 Å². The largest absolute Gasteiger partial charge is 0.342 e. The molecule has 0 aromatic rings. The SMILES string of the molecule is CCC(CC)N1C(=O)C(CC(C)C)NC(=O)C12CCCC2. The summed E-state index contributed by atoms with van der Waals surface area (Å²) in [5.41, 5.74) is -0.554. The lowest BCUT2D eigenvalue weighted by Gasteiger charge is -2.50. The zero-order valence-electron chi connectivity index (χ0n) is 13.9. The van der Waals surface area contributed by atoms with Gasteiger partial charge in [0.15, 0.2) is 0 Å². The maximum atomic E-state index is 13.0. The molecule has 2 amide bonds. The fourth-order valence-corrected chi connectivity index (χ4v) is 4.08. The van der Waals surface area contributed by atoms with Crippen molar-refractivity contribution in [3.05, 3.63) is 0 Å². The second kappa shape index (κ2) is 6.37. The van der Waals surface area contributed by atoms with Gasteiger partial charge in [0.2, 0.25) is 11.8 Å². The molecule has 4 nitrogen and oxygen atoms in total. The van der Waals surface area contributed by atoms with Gasteiger partial charge in [0.05, 0.1) is 0 Å². The monoisotopic (exact) mass is 294 g/mol. The molecule has 1 atom stereocenters. The van der Waals surface area contributed by atoms with Gasteiger partial charge < -0.3 is 10.2 Å². The highest BCUT2D eigenvalue weighted by Crippen LogP contribution is 2.40. The van der Waals surface area contributed by atoms with E-state index < -0.39 is 5.54 Å². The molecule has 1 N–H and O–H groups in total. The summed E-state index contributed by atoms with van der Waals surface area (Å²) in [6, 6.07) is -0.138. The van der Waals surface area contributed by atoms with Crippen LogP contribution in [0.25, 0.3) is 0 Å². The van der Waals surface area contributed by atoms with Crippen LogP contribution in [0.5, 0.6) is 0 Å². The minimum Gasteiger partial charge on any atom is -0.342 e. The van der Waals surface area contributed by atoms with Crippen LogP contribution in [-0.2, 0) is 9.59 Å². The smallest absolute Gasteiger partial charge is 0.246 e. The summed E-state index contributed by atoms with van der Waals surface area (Å²) in [4.78, 5) is 27.8. The number of hydrogen-bond donors (Lipinski definition) is 1. The first-order valence-corrected chi connectivity index (χ1v) is 8.60. The molecule has 120 valence electrons. The highest BCUT2D eigenvalue weighted by Gasteiger charge is 2.55. The molecule has 2 aliphatic rings. The molecule has 1 aliphatic heterocycles. The molecule has 1 unspecified atom stereocenters. The van der Waals surface area contributed by atoms with Gasteiger partial charge >= 0.3 is 0 Å². The third-order valence-corrected chi connectivity index (χ3v) is 5.17. The lowest BCUT2D eigenvalue weighted by molar-refractivity contribution is -0.161. The molecule has 0 bridgehead atoms. The molecule has 1 saturated carbocycles. The highest BCUT2D eigenvalue weighted by molar-refractivity contribution is 6.00. The maximum absolute atomic E-state index is 13.0. The van der Waals surface area contributed by atoms with Gasteiger partial charge in [-0.15, -0.1) is 0 Å². The lowest BCUT2D eigenvalue weighted by atomic mass is 9.85. The molecular formula is C17H30N2O2. The Morgan fingerprint density at radius 2 is 1.76 bits per heavy atom. The first-order valence-electron chi connectivity index (χ1n) is 8.60. The van der Waals surface area contributed by atoms with Crippen LogP contribution in [0.2, 0.25) is 0 Å². The average molecular weight is 294 g/mol. The summed E-state index contributed by atoms with van der Waals surface area (Å²) in [6.07, 6.45) is 6.33. The van der Waals surface area contributed by atoms with Crippen LogP contribution >= 0.6 is 0 Å². The van der Waals surface area contributed by atoms with E-state index in [1.807, 2.05) is 4.90 Å². The fourth-order valence-electron chi connectivity index (χ4n) is 4.08. The van der Waals surface area contributed by atoms with Crippen molar-refractivity contribution in [3.8, 4) is 0 Å². The Kier molecular flexibility index (Phi) is 4.95. The number of carbonyl (C=O) groups is 2. The molecule has 21 heavy (non-hydrogen) atoms. The number of hydrogen-bond acceptors (Lipinski definition) is 2. The van der Waals surface area contributed by atoms with Crippen LogP contribution in [0, 0.1) is 5.92 Å². The predicted molar refractivity (Wildman–Crippen MR) is 83.8 cm³/mol. The molecule has 2 rings (SSSR count). The van der Waals surface area contributed by atoms with E-state index in [1.54, 1.807) is 0 Å². The van der Waals surface area contributed by atoms with Crippen molar-refractivity contribution in [1.29, 1.82) is 0 Å². The molecule has 1 aliphatic carbocycles. The summed E-state index contributed by atoms with van der Waals surface area (Å²) in [5.74, 6) is 0.650. The van der Waals surface area contributed by atoms with Gasteiger partial charge in [0, 0.05) is 6.04 Å². The van der Waals surface area contributed by atoms with Crippen molar-refractivity contribution < 1.29 is 9.59 Å². The summed E-state index contributed by atoms with van der Waals surface area (Å²) < 4.78 is 0. The summed E-state index contributed by atoms with van der Waals surface area (Å²) in [5, 5.41) is 3.03. The molecule has 4 heteroatoms. The molecule has 1 spiro atoms. The van der Waals surface area contributed by atoms with Crippen LogP contribution in [0.4, 0.5) is 0 Å². The number of nitrogens with one attached hydrogen (secondary N) is 1. The average Bonchev–Trinajstić information content (AvgIpc) is 2.91. The van der Waals surface area contributed by atoms with Gasteiger partial charge in [-0.2, -0.15) is 0 Å². The number of amides is 2. The molecule has 2 fully saturated rings. The van der Waals surface area contributed by atoms with Crippen LogP contribution < -0.4 is 5.32 Å². The summed E-state index contributed by atoms with van der Waals surface area (Å²) >= 11 is 0. The summed E-state index contributed by atoms with van der Waals surface area (Å²) in [6.45, 7) is 8.43.